The Morgan fingerprint density at radius 3 is 2.65 bits per heavy atom. The molecule has 0 saturated heterocycles. The van der Waals surface area contributed by atoms with Crippen LogP contribution in [0.25, 0.3) is 11.0 Å². The van der Waals surface area contributed by atoms with Crippen LogP contribution in [-0.2, 0) is 9.53 Å². The Morgan fingerprint density at radius 1 is 1.30 bits per heavy atom. The van der Waals surface area contributed by atoms with Gasteiger partial charge in [-0.1, -0.05) is 15.9 Å². The summed E-state index contributed by atoms with van der Waals surface area (Å²) in [6, 6.07) is 4.67. The third kappa shape index (κ3) is 3.70. The number of furan rings is 1. The lowest BCUT2D eigenvalue weighted by atomic mass is 10.1. The van der Waals surface area contributed by atoms with Crippen molar-refractivity contribution >= 4 is 44.8 Å². The predicted octanol–water partition coefficient (Wildman–Crippen LogP) is 2.50. The van der Waals surface area contributed by atoms with E-state index in [1.807, 2.05) is 11.4 Å². The highest BCUT2D eigenvalue weighted by Gasteiger charge is 2.25. The fourth-order valence-corrected chi connectivity index (χ4v) is 2.29. The molecule has 0 fully saturated rings. The first-order chi connectivity index (χ1) is 10.8. The van der Waals surface area contributed by atoms with E-state index >= 15 is 0 Å². The first-order valence-electron chi connectivity index (χ1n) is 6.75. The average Bonchev–Trinajstić information content (AvgIpc) is 2.83. The number of nitrogens with one attached hydrogen (secondary N) is 2. The van der Waals surface area contributed by atoms with Crippen molar-refractivity contribution in [3.8, 4) is 0 Å². The van der Waals surface area contributed by atoms with E-state index in [0.29, 0.717) is 11.1 Å². The summed E-state index contributed by atoms with van der Waals surface area (Å²) in [6.45, 7) is 3.09. The number of esters is 1. The number of hydrogen-bond acceptors (Lipinski definition) is 5. The zero-order chi connectivity index (χ0) is 17.1. The Hall–Kier alpha value is -2.35. The van der Waals surface area contributed by atoms with Crippen LogP contribution in [0.2, 0.25) is 0 Å². The number of halogens is 1. The number of rotatable bonds is 3. The molecule has 0 aliphatic rings. The van der Waals surface area contributed by atoms with Gasteiger partial charge in [0.15, 0.2) is 6.10 Å². The molecule has 0 unspecified atom stereocenters. The molecule has 1 heterocycles. The minimum absolute atomic E-state index is 0.0256. The van der Waals surface area contributed by atoms with E-state index in [1.54, 1.807) is 19.1 Å². The molecule has 122 valence electrons. The van der Waals surface area contributed by atoms with E-state index in [0.717, 1.165) is 9.86 Å². The molecule has 1 atom stereocenters. The molecule has 2 rings (SSSR count). The number of imide groups is 1. The number of benzene rings is 1. The van der Waals surface area contributed by atoms with Crippen LogP contribution < -0.4 is 10.6 Å². The van der Waals surface area contributed by atoms with Gasteiger partial charge in [-0.2, -0.15) is 0 Å². The summed E-state index contributed by atoms with van der Waals surface area (Å²) >= 11 is 3.35. The zero-order valence-corrected chi connectivity index (χ0v) is 14.3. The van der Waals surface area contributed by atoms with Crippen molar-refractivity contribution in [2.75, 3.05) is 7.05 Å². The Kier molecular flexibility index (Phi) is 5.05. The van der Waals surface area contributed by atoms with E-state index in [9.17, 15) is 14.4 Å². The van der Waals surface area contributed by atoms with Crippen LogP contribution >= 0.6 is 15.9 Å². The van der Waals surface area contributed by atoms with Gasteiger partial charge in [0, 0.05) is 22.5 Å². The highest BCUT2D eigenvalue weighted by Crippen LogP contribution is 2.28. The number of carbonyl (C=O) groups excluding carboxylic acids is 3. The second-order valence-corrected chi connectivity index (χ2v) is 5.73. The molecule has 3 amide bonds. The topological polar surface area (TPSA) is 97.6 Å². The lowest BCUT2D eigenvalue weighted by Crippen LogP contribution is -2.43. The van der Waals surface area contributed by atoms with Crippen molar-refractivity contribution in [1.29, 1.82) is 0 Å². The van der Waals surface area contributed by atoms with Gasteiger partial charge in [-0.25, -0.2) is 9.59 Å². The van der Waals surface area contributed by atoms with Crippen molar-refractivity contribution in [3.63, 3.8) is 0 Å². The molecule has 1 aromatic heterocycles. The maximum absolute atomic E-state index is 12.2. The van der Waals surface area contributed by atoms with Crippen molar-refractivity contribution in [1.82, 2.24) is 10.6 Å². The SMILES string of the molecule is CNC(=O)NC(=O)[C@H](C)OC(=O)c1oc2ccc(Br)cc2c1C. The Morgan fingerprint density at radius 2 is 2.00 bits per heavy atom. The molecule has 0 spiro atoms. The van der Waals surface area contributed by atoms with Crippen LogP contribution in [-0.4, -0.2) is 31.1 Å². The minimum Gasteiger partial charge on any atom is -0.449 e. The zero-order valence-electron chi connectivity index (χ0n) is 12.7. The number of fused-ring (bicyclic) bond motifs is 1. The molecule has 0 bridgehead atoms. The van der Waals surface area contributed by atoms with Crippen molar-refractivity contribution in [2.24, 2.45) is 0 Å². The minimum atomic E-state index is -1.14. The summed E-state index contributed by atoms with van der Waals surface area (Å²) in [6.07, 6.45) is -1.14. The van der Waals surface area contributed by atoms with Gasteiger partial charge in [-0.3, -0.25) is 10.1 Å². The maximum atomic E-state index is 12.2. The second-order valence-electron chi connectivity index (χ2n) is 4.81. The number of urea groups is 1. The van der Waals surface area contributed by atoms with Crippen LogP contribution in [0.1, 0.15) is 23.0 Å². The summed E-state index contributed by atoms with van der Waals surface area (Å²) in [7, 11) is 1.37. The molecular formula is C15H15BrN2O5. The molecule has 8 heteroatoms. The quantitative estimate of drug-likeness (QED) is 0.794. The number of ether oxygens (including phenoxy) is 1. The Balaban J connectivity index is 2.16. The highest BCUT2D eigenvalue weighted by molar-refractivity contribution is 9.10. The molecule has 2 aromatic rings. The van der Waals surface area contributed by atoms with Gasteiger partial charge >= 0.3 is 12.0 Å². The maximum Gasteiger partial charge on any atom is 0.375 e. The number of hydrogen-bond donors (Lipinski definition) is 2. The van der Waals surface area contributed by atoms with Crippen molar-refractivity contribution < 1.29 is 23.5 Å². The summed E-state index contributed by atoms with van der Waals surface area (Å²) in [5, 5.41) is 5.04. The van der Waals surface area contributed by atoms with E-state index in [1.165, 1.54) is 14.0 Å². The fourth-order valence-electron chi connectivity index (χ4n) is 1.93. The first-order valence-corrected chi connectivity index (χ1v) is 7.55. The molecule has 0 aliphatic heterocycles. The summed E-state index contributed by atoms with van der Waals surface area (Å²) in [5.41, 5.74) is 1.16. The Bertz CT molecular complexity index is 784. The van der Waals surface area contributed by atoms with E-state index < -0.39 is 24.0 Å². The van der Waals surface area contributed by atoms with E-state index in [4.69, 9.17) is 9.15 Å². The van der Waals surface area contributed by atoms with Crippen LogP contribution in [0.3, 0.4) is 0 Å². The van der Waals surface area contributed by atoms with Crippen molar-refractivity contribution in [2.45, 2.75) is 20.0 Å². The van der Waals surface area contributed by atoms with Crippen LogP contribution in [0.15, 0.2) is 27.1 Å². The van der Waals surface area contributed by atoms with Crippen LogP contribution in [0, 0.1) is 6.92 Å². The van der Waals surface area contributed by atoms with E-state index in [2.05, 4.69) is 21.2 Å². The lowest BCUT2D eigenvalue weighted by molar-refractivity contribution is -0.128. The van der Waals surface area contributed by atoms with Gasteiger partial charge in [0.2, 0.25) is 5.76 Å². The first kappa shape index (κ1) is 17.0. The van der Waals surface area contributed by atoms with Gasteiger partial charge in [-0.15, -0.1) is 0 Å². The van der Waals surface area contributed by atoms with E-state index in [-0.39, 0.29) is 5.76 Å². The normalized spacial score (nSPS) is 11.8. The highest BCUT2D eigenvalue weighted by atomic mass is 79.9. The molecule has 0 saturated carbocycles. The van der Waals surface area contributed by atoms with Crippen LogP contribution in [0.5, 0.6) is 0 Å². The third-order valence-corrected chi connectivity index (χ3v) is 3.69. The molecule has 2 N–H and O–H groups in total. The molecule has 23 heavy (non-hydrogen) atoms. The predicted molar refractivity (Wildman–Crippen MR) is 86.1 cm³/mol. The van der Waals surface area contributed by atoms with Crippen LogP contribution in [0.4, 0.5) is 4.79 Å². The largest absolute Gasteiger partial charge is 0.449 e. The number of aryl methyl sites for hydroxylation is 1. The monoisotopic (exact) mass is 382 g/mol. The molecular weight excluding hydrogens is 368 g/mol. The summed E-state index contributed by atoms with van der Waals surface area (Å²) < 4.78 is 11.4. The lowest BCUT2D eigenvalue weighted by Gasteiger charge is -2.11. The van der Waals surface area contributed by atoms with Gasteiger partial charge in [-0.05, 0) is 32.0 Å². The fraction of sp³-hybridized carbons (Fsp3) is 0.267. The second kappa shape index (κ2) is 6.82. The smallest absolute Gasteiger partial charge is 0.375 e. The van der Waals surface area contributed by atoms with Crippen molar-refractivity contribution in [3.05, 3.63) is 34.0 Å². The number of carbonyl (C=O) groups is 3. The van der Waals surface area contributed by atoms with Gasteiger partial charge in [0.05, 0.1) is 0 Å². The van der Waals surface area contributed by atoms with Gasteiger partial charge < -0.3 is 14.5 Å². The third-order valence-electron chi connectivity index (χ3n) is 3.20. The Labute approximate surface area is 140 Å². The molecule has 7 nitrogen and oxygen atoms in total. The number of amides is 3. The average molecular weight is 383 g/mol. The molecule has 0 radical (unpaired) electrons. The molecule has 0 aliphatic carbocycles. The van der Waals surface area contributed by atoms with Gasteiger partial charge in [0.25, 0.3) is 5.91 Å². The summed E-state index contributed by atoms with van der Waals surface area (Å²) in [5.74, 6) is -1.47. The molecule has 1 aromatic carbocycles. The van der Waals surface area contributed by atoms with Gasteiger partial charge in [0.1, 0.15) is 5.58 Å². The standard InChI is InChI=1S/C15H15BrN2O5/c1-7-10-6-9(16)4-5-11(10)23-12(7)14(20)22-8(2)13(19)18-15(21)17-3/h4-6,8H,1-3H3,(H2,17,18,19,21)/t8-/m0/s1. The summed E-state index contributed by atoms with van der Waals surface area (Å²) in [4.78, 5) is 35.0.